The Kier molecular flexibility index (Phi) is 5.93. The minimum Gasteiger partial charge on any atom is -0.392 e. The number of carbonyl (C=O) groups excluding carboxylic acids is 1. The highest BCUT2D eigenvalue weighted by Gasteiger charge is 1.81. The molecule has 2 nitrogen and oxygen atoms in total. The summed E-state index contributed by atoms with van der Waals surface area (Å²) in [6.07, 6.45) is 7.82. The van der Waals surface area contributed by atoms with Crippen molar-refractivity contribution >= 4 is 6.29 Å². The highest BCUT2D eigenvalue weighted by molar-refractivity contribution is 5.72. The van der Waals surface area contributed by atoms with E-state index in [0.717, 1.165) is 11.9 Å². The van der Waals surface area contributed by atoms with Gasteiger partial charge in [0.15, 0.2) is 0 Å². The molecule has 0 saturated carbocycles. The summed E-state index contributed by atoms with van der Waals surface area (Å²) in [5.41, 5.74) is 1.69. The molecule has 0 aromatic carbocycles. The number of hydrogen-bond donors (Lipinski definition) is 1. The molecular weight excluding hydrogens is 152 g/mol. The van der Waals surface area contributed by atoms with Gasteiger partial charge in [-0.15, -0.1) is 0 Å². The normalized spacial score (nSPS) is 13.9. The van der Waals surface area contributed by atoms with Gasteiger partial charge in [-0.1, -0.05) is 29.9 Å². The first-order chi connectivity index (χ1) is 5.70. The molecule has 0 amide bonds. The van der Waals surface area contributed by atoms with E-state index in [-0.39, 0.29) is 6.61 Å². The summed E-state index contributed by atoms with van der Waals surface area (Å²) in [4.78, 5) is 10.2. The van der Waals surface area contributed by atoms with Gasteiger partial charge in [-0.3, -0.25) is 4.79 Å². The second-order valence-electron chi connectivity index (χ2n) is 2.52. The van der Waals surface area contributed by atoms with Crippen molar-refractivity contribution in [2.75, 3.05) is 6.61 Å². The summed E-state index contributed by atoms with van der Waals surface area (Å²) in [6.45, 7) is 3.69. The van der Waals surface area contributed by atoms with E-state index in [1.54, 1.807) is 25.2 Å². The number of aliphatic hydroxyl groups excluding tert-OH is 1. The van der Waals surface area contributed by atoms with Crippen LogP contribution in [0.3, 0.4) is 0 Å². The molecule has 0 aromatic heterocycles. The molecular formula is C10H14O2. The van der Waals surface area contributed by atoms with Gasteiger partial charge in [0.2, 0.25) is 0 Å². The summed E-state index contributed by atoms with van der Waals surface area (Å²) >= 11 is 0. The van der Waals surface area contributed by atoms with Crippen LogP contribution in [0.15, 0.2) is 35.5 Å². The zero-order chi connectivity index (χ0) is 9.40. The van der Waals surface area contributed by atoms with E-state index in [2.05, 4.69) is 0 Å². The molecule has 1 N–H and O–H groups in total. The van der Waals surface area contributed by atoms with Crippen molar-refractivity contribution in [1.29, 1.82) is 0 Å². The van der Waals surface area contributed by atoms with Crippen molar-refractivity contribution in [2.45, 2.75) is 13.8 Å². The zero-order valence-electron chi connectivity index (χ0n) is 7.45. The van der Waals surface area contributed by atoms with Crippen LogP contribution in [-0.4, -0.2) is 18.0 Å². The maximum atomic E-state index is 10.2. The summed E-state index contributed by atoms with van der Waals surface area (Å²) in [5, 5.41) is 8.45. The molecule has 0 rings (SSSR count). The highest BCUT2D eigenvalue weighted by Crippen LogP contribution is 1.97. The van der Waals surface area contributed by atoms with E-state index < -0.39 is 0 Å². The topological polar surface area (TPSA) is 37.3 Å². The molecule has 0 aliphatic carbocycles. The van der Waals surface area contributed by atoms with Gasteiger partial charge in [0, 0.05) is 0 Å². The third kappa shape index (κ3) is 5.62. The number of allylic oxidation sites excluding steroid dienone is 5. The van der Waals surface area contributed by atoms with Crippen molar-refractivity contribution in [2.24, 2.45) is 0 Å². The largest absolute Gasteiger partial charge is 0.392 e. The van der Waals surface area contributed by atoms with Crippen molar-refractivity contribution in [3.63, 3.8) is 0 Å². The first-order valence-electron chi connectivity index (χ1n) is 3.78. The van der Waals surface area contributed by atoms with E-state index in [1.165, 1.54) is 0 Å². The third-order valence-corrected chi connectivity index (χ3v) is 1.28. The van der Waals surface area contributed by atoms with E-state index in [9.17, 15) is 4.79 Å². The molecule has 12 heavy (non-hydrogen) atoms. The zero-order valence-corrected chi connectivity index (χ0v) is 7.45. The average molecular weight is 166 g/mol. The predicted molar refractivity (Wildman–Crippen MR) is 49.8 cm³/mol. The number of aldehydes is 1. The molecule has 0 radical (unpaired) electrons. The summed E-state index contributed by atoms with van der Waals surface area (Å²) < 4.78 is 0. The lowest BCUT2D eigenvalue weighted by Gasteiger charge is -1.88. The second-order valence-corrected chi connectivity index (χ2v) is 2.52. The maximum absolute atomic E-state index is 10.2. The van der Waals surface area contributed by atoms with Crippen LogP contribution in [0.25, 0.3) is 0 Å². The Morgan fingerprint density at radius 3 is 2.33 bits per heavy atom. The first kappa shape index (κ1) is 10.8. The lowest BCUT2D eigenvalue weighted by atomic mass is 10.2. The lowest BCUT2D eigenvalue weighted by molar-refractivity contribution is -0.104. The van der Waals surface area contributed by atoms with Crippen molar-refractivity contribution in [1.82, 2.24) is 0 Å². The van der Waals surface area contributed by atoms with Gasteiger partial charge in [0.1, 0.15) is 6.29 Å². The van der Waals surface area contributed by atoms with Gasteiger partial charge >= 0.3 is 0 Å². The van der Waals surface area contributed by atoms with Crippen molar-refractivity contribution < 1.29 is 9.90 Å². The van der Waals surface area contributed by atoms with Gasteiger partial charge in [-0.2, -0.15) is 0 Å². The molecule has 0 aliphatic heterocycles. The van der Waals surface area contributed by atoms with Crippen molar-refractivity contribution in [3.8, 4) is 0 Å². The Hall–Kier alpha value is -1.15. The van der Waals surface area contributed by atoms with Gasteiger partial charge in [-0.05, 0) is 19.4 Å². The standard InChI is InChI=1S/C10H14O2/c1-9(4-3-7-11)5-6-10(2)8-12/h3-6,8,11H,7H2,1-2H3. The molecule has 0 aliphatic rings. The second kappa shape index (κ2) is 6.55. The predicted octanol–water partition coefficient (Wildman–Crippen LogP) is 1.63. The van der Waals surface area contributed by atoms with Crippen LogP contribution in [0, 0.1) is 0 Å². The Morgan fingerprint density at radius 1 is 1.25 bits per heavy atom. The lowest BCUT2D eigenvalue weighted by Crippen LogP contribution is -1.75. The number of aliphatic hydroxyl groups is 1. The number of rotatable bonds is 4. The molecule has 2 heteroatoms. The number of hydrogen-bond acceptors (Lipinski definition) is 2. The fourth-order valence-corrected chi connectivity index (χ4v) is 0.596. The Labute approximate surface area is 72.9 Å². The molecule has 66 valence electrons. The van der Waals surface area contributed by atoms with Crippen LogP contribution in [0.5, 0.6) is 0 Å². The van der Waals surface area contributed by atoms with Crippen LogP contribution in [0.1, 0.15) is 13.8 Å². The average Bonchev–Trinajstić information content (AvgIpc) is 2.10. The van der Waals surface area contributed by atoms with Gasteiger partial charge in [0.05, 0.1) is 6.61 Å². The Balaban J connectivity index is 4.17. The minimum absolute atomic E-state index is 0.0432. The van der Waals surface area contributed by atoms with Crippen LogP contribution >= 0.6 is 0 Å². The molecule has 0 atom stereocenters. The van der Waals surface area contributed by atoms with Gasteiger partial charge in [-0.25, -0.2) is 0 Å². The van der Waals surface area contributed by atoms with Crippen LogP contribution in [0.2, 0.25) is 0 Å². The Morgan fingerprint density at radius 2 is 1.83 bits per heavy atom. The van der Waals surface area contributed by atoms with E-state index >= 15 is 0 Å². The summed E-state index contributed by atoms with van der Waals surface area (Å²) in [5.74, 6) is 0. The molecule has 0 saturated heterocycles. The highest BCUT2D eigenvalue weighted by atomic mass is 16.2. The van der Waals surface area contributed by atoms with Crippen molar-refractivity contribution in [3.05, 3.63) is 35.5 Å². The minimum atomic E-state index is 0.0432. The van der Waals surface area contributed by atoms with Crippen LogP contribution in [0.4, 0.5) is 0 Å². The van der Waals surface area contributed by atoms with Gasteiger partial charge in [0.25, 0.3) is 0 Å². The fraction of sp³-hybridized carbons (Fsp3) is 0.300. The van der Waals surface area contributed by atoms with E-state index in [4.69, 9.17) is 5.11 Å². The monoisotopic (exact) mass is 166 g/mol. The van der Waals surface area contributed by atoms with E-state index in [1.807, 2.05) is 13.0 Å². The maximum Gasteiger partial charge on any atom is 0.145 e. The first-order valence-corrected chi connectivity index (χ1v) is 3.78. The summed E-state index contributed by atoms with van der Waals surface area (Å²) in [7, 11) is 0. The molecule has 0 unspecified atom stereocenters. The molecule has 0 spiro atoms. The van der Waals surface area contributed by atoms with Crippen LogP contribution in [-0.2, 0) is 4.79 Å². The van der Waals surface area contributed by atoms with Gasteiger partial charge < -0.3 is 5.11 Å². The molecule has 0 fully saturated rings. The quantitative estimate of drug-likeness (QED) is 0.391. The summed E-state index contributed by atoms with van der Waals surface area (Å²) in [6, 6.07) is 0. The van der Waals surface area contributed by atoms with Crippen LogP contribution < -0.4 is 0 Å². The number of carbonyl (C=O) groups is 1. The SMILES string of the molecule is CC(C=O)=CC=C(C)C=CCO. The smallest absolute Gasteiger partial charge is 0.145 e. The Bertz CT molecular complexity index is 222. The fourth-order valence-electron chi connectivity index (χ4n) is 0.596. The molecule has 0 aromatic rings. The molecule has 0 bridgehead atoms. The molecule has 0 heterocycles. The van der Waals surface area contributed by atoms with E-state index in [0.29, 0.717) is 5.57 Å². The third-order valence-electron chi connectivity index (χ3n) is 1.28.